The lowest BCUT2D eigenvalue weighted by atomic mass is 9.94. The van der Waals surface area contributed by atoms with E-state index in [9.17, 15) is 0 Å². The zero-order chi connectivity index (χ0) is 18.0. The Bertz CT molecular complexity index is 392. The molecular weight excluding hydrogens is 322 g/mol. The van der Waals surface area contributed by atoms with Gasteiger partial charge in [0.1, 0.15) is 0 Å². The first kappa shape index (κ1) is 20.4. The van der Waals surface area contributed by atoms with Crippen molar-refractivity contribution in [3.63, 3.8) is 0 Å². The van der Waals surface area contributed by atoms with E-state index in [1.165, 1.54) is 0 Å². The van der Waals surface area contributed by atoms with E-state index in [2.05, 4.69) is 15.2 Å². The smallest absolute Gasteiger partial charge is 0.193 e. The van der Waals surface area contributed by atoms with Crippen LogP contribution in [-0.4, -0.2) is 89.9 Å². The van der Waals surface area contributed by atoms with Crippen LogP contribution in [0.5, 0.6) is 0 Å². The lowest BCUT2D eigenvalue weighted by Gasteiger charge is -2.38. The van der Waals surface area contributed by atoms with Crippen molar-refractivity contribution in [2.75, 3.05) is 67.3 Å². The standard InChI is InChI=1S/C18H35N3O4/c1-19-17(20-15-18(23-3)7-13-24-14-8-18)21-9-5-16(6-10-21)25-12-4-11-22-2/h16H,4-15H2,1-3H3,(H,19,20). The molecule has 2 rings (SSSR count). The van der Waals surface area contributed by atoms with Crippen molar-refractivity contribution in [1.82, 2.24) is 10.2 Å². The van der Waals surface area contributed by atoms with Gasteiger partial charge < -0.3 is 29.2 Å². The molecule has 2 saturated heterocycles. The maximum atomic E-state index is 5.93. The molecule has 7 heteroatoms. The number of rotatable bonds is 8. The van der Waals surface area contributed by atoms with E-state index in [0.717, 1.165) is 84.1 Å². The Morgan fingerprint density at radius 3 is 2.52 bits per heavy atom. The van der Waals surface area contributed by atoms with E-state index in [1.807, 2.05) is 7.05 Å². The normalized spacial score (nSPS) is 22.2. The summed E-state index contributed by atoms with van der Waals surface area (Å²) in [6.07, 6.45) is 5.24. The molecule has 0 spiro atoms. The first-order valence-electron chi connectivity index (χ1n) is 9.42. The molecule has 0 radical (unpaired) electrons. The maximum absolute atomic E-state index is 5.93. The Morgan fingerprint density at radius 2 is 1.92 bits per heavy atom. The van der Waals surface area contributed by atoms with E-state index < -0.39 is 0 Å². The maximum Gasteiger partial charge on any atom is 0.193 e. The van der Waals surface area contributed by atoms with Gasteiger partial charge in [-0.2, -0.15) is 0 Å². The van der Waals surface area contributed by atoms with Crippen LogP contribution in [-0.2, 0) is 18.9 Å². The van der Waals surface area contributed by atoms with Crippen molar-refractivity contribution in [2.24, 2.45) is 4.99 Å². The number of nitrogens with zero attached hydrogens (tertiary/aromatic N) is 2. The highest BCUT2D eigenvalue weighted by Gasteiger charge is 2.33. The molecule has 2 fully saturated rings. The van der Waals surface area contributed by atoms with Crippen LogP contribution in [0.1, 0.15) is 32.1 Å². The van der Waals surface area contributed by atoms with Gasteiger partial charge in [-0.15, -0.1) is 0 Å². The van der Waals surface area contributed by atoms with E-state index in [0.29, 0.717) is 6.10 Å². The quantitative estimate of drug-likeness (QED) is 0.401. The fraction of sp³-hybridized carbons (Fsp3) is 0.944. The first-order chi connectivity index (χ1) is 12.2. The van der Waals surface area contributed by atoms with Gasteiger partial charge in [0.05, 0.1) is 11.7 Å². The van der Waals surface area contributed by atoms with Crippen molar-refractivity contribution in [1.29, 1.82) is 0 Å². The summed E-state index contributed by atoms with van der Waals surface area (Å²) in [6, 6.07) is 0. The van der Waals surface area contributed by atoms with E-state index in [1.54, 1.807) is 14.2 Å². The molecular formula is C18H35N3O4. The highest BCUT2D eigenvalue weighted by molar-refractivity contribution is 5.80. The summed E-state index contributed by atoms with van der Waals surface area (Å²) in [7, 11) is 5.37. The second kappa shape index (κ2) is 11.0. The van der Waals surface area contributed by atoms with Gasteiger partial charge in [-0.3, -0.25) is 4.99 Å². The molecule has 0 aromatic carbocycles. The van der Waals surface area contributed by atoms with Crippen molar-refractivity contribution in [2.45, 2.75) is 43.8 Å². The van der Waals surface area contributed by atoms with Crippen LogP contribution in [0.2, 0.25) is 0 Å². The average molecular weight is 357 g/mol. The summed E-state index contributed by atoms with van der Waals surface area (Å²) in [6.45, 7) is 5.79. The molecule has 0 atom stereocenters. The van der Waals surface area contributed by atoms with E-state index in [4.69, 9.17) is 18.9 Å². The van der Waals surface area contributed by atoms with Crippen LogP contribution in [0.25, 0.3) is 0 Å². The Morgan fingerprint density at radius 1 is 1.20 bits per heavy atom. The third-order valence-electron chi connectivity index (χ3n) is 5.21. The van der Waals surface area contributed by atoms with Crippen LogP contribution in [0.3, 0.4) is 0 Å². The fourth-order valence-corrected chi connectivity index (χ4v) is 3.46. The number of ether oxygens (including phenoxy) is 4. The molecule has 0 saturated carbocycles. The first-order valence-corrected chi connectivity index (χ1v) is 9.42. The molecule has 2 aliphatic rings. The topological polar surface area (TPSA) is 64.6 Å². The molecule has 2 heterocycles. The number of hydrogen-bond acceptors (Lipinski definition) is 5. The number of methoxy groups -OCH3 is 2. The number of nitrogens with one attached hydrogen (secondary N) is 1. The predicted octanol–water partition coefficient (Wildman–Crippen LogP) is 1.27. The van der Waals surface area contributed by atoms with Gasteiger partial charge in [0, 0.05) is 80.2 Å². The third-order valence-corrected chi connectivity index (χ3v) is 5.21. The Balaban J connectivity index is 1.72. The molecule has 1 N–H and O–H groups in total. The van der Waals surface area contributed by atoms with Gasteiger partial charge in [-0.25, -0.2) is 0 Å². The van der Waals surface area contributed by atoms with Crippen molar-refractivity contribution < 1.29 is 18.9 Å². The molecule has 2 aliphatic heterocycles. The zero-order valence-corrected chi connectivity index (χ0v) is 16.1. The van der Waals surface area contributed by atoms with Gasteiger partial charge in [-0.1, -0.05) is 0 Å². The van der Waals surface area contributed by atoms with Gasteiger partial charge in [-0.05, 0) is 19.3 Å². The molecule has 0 bridgehead atoms. The molecule has 25 heavy (non-hydrogen) atoms. The number of aliphatic imine (C=N–C) groups is 1. The highest BCUT2D eigenvalue weighted by Crippen LogP contribution is 2.23. The third kappa shape index (κ3) is 6.40. The fourth-order valence-electron chi connectivity index (χ4n) is 3.46. The minimum absolute atomic E-state index is 0.142. The summed E-state index contributed by atoms with van der Waals surface area (Å²) >= 11 is 0. The van der Waals surface area contributed by atoms with Crippen LogP contribution in [0.15, 0.2) is 4.99 Å². The van der Waals surface area contributed by atoms with E-state index in [-0.39, 0.29) is 5.60 Å². The van der Waals surface area contributed by atoms with Crippen LogP contribution in [0.4, 0.5) is 0 Å². The lowest BCUT2D eigenvalue weighted by molar-refractivity contribution is -0.0858. The van der Waals surface area contributed by atoms with Crippen LogP contribution >= 0.6 is 0 Å². The number of hydrogen-bond donors (Lipinski definition) is 1. The number of guanidine groups is 1. The molecule has 0 aliphatic carbocycles. The lowest BCUT2D eigenvalue weighted by Crippen LogP contribution is -2.53. The molecule has 7 nitrogen and oxygen atoms in total. The second-order valence-electron chi connectivity index (χ2n) is 6.80. The Hall–Kier alpha value is -0.890. The summed E-state index contributed by atoms with van der Waals surface area (Å²) in [5.74, 6) is 0.959. The highest BCUT2D eigenvalue weighted by atomic mass is 16.5. The second-order valence-corrected chi connectivity index (χ2v) is 6.80. The monoisotopic (exact) mass is 357 g/mol. The molecule has 146 valence electrons. The zero-order valence-electron chi connectivity index (χ0n) is 16.1. The summed E-state index contributed by atoms with van der Waals surface area (Å²) in [5, 5.41) is 3.51. The summed E-state index contributed by atoms with van der Waals surface area (Å²) in [4.78, 5) is 6.78. The predicted molar refractivity (Wildman–Crippen MR) is 98.2 cm³/mol. The van der Waals surface area contributed by atoms with Gasteiger partial charge >= 0.3 is 0 Å². The van der Waals surface area contributed by atoms with Gasteiger partial charge in [0.2, 0.25) is 0 Å². The minimum Gasteiger partial charge on any atom is -0.385 e. The number of likely N-dealkylation sites (tertiary alicyclic amines) is 1. The minimum atomic E-state index is -0.142. The molecule has 0 amide bonds. The van der Waals surface area contributed by atoms with Gasteiger partial charge in [0.25, 0.3) is 0 Å². The Kier molecular flexibility index (Phi) is 8.95. The summed E-state index contributed by atoms with van der Waals surface area (Å²) in [5.41, 5.74) is -0.142. The van der Waals surface area contributed by atoms with Crippen molar-refractivity contribution in [3.8, 4) is 0 Å². The van der Waals surface area contributed by atoms with E-state index >= 15 is 0 Å². The summed E-state index contributed by atoms with van der Waals surface area (Å²) < 4.78 is 22.3. The Labute approximate surface area is 152 Å². The van der Waals surface area contributed by atoms with Crippen LogP contribution in [0, 0.1) is 0 Å². The average Bonchev–Trinajstić information content (AvgIpc) is 2.67. The number of piperidine rings is 1. The van der Waals surface area contributed by atoms with Crippen molar-refractivity contribution in [3.05, 3.63) is 0 Å². The van der Waals surface area contributed by atoms with Crippen molar-refractivity contribution >= 4 is 5.96 Å². The van der Waals surface area contributed by atoms with Crippen LogP contribution < -0.4 is 5.32 Å². The SMILES string of the molecule is CN=C(NCC1(OC)CCOCC1)N1CCC(OCCCOC)CC1. The molecule has 0 aromatic heterocycles. The largest absolute Gasteiger partial charge is 0.385 e. The molecule has 0 aromatic rings. The van der Waals surface area contributed by atoms with Gasteiger partial charge in [0.15, 0.2) is 5.96 Å². The molecule has 0 unspecified atom stereocenters.